The van der Waals surface area contributed by atoms with Crippen molar-refractivity contribution < 1.29 is 26.5 Å². The molecule has 3 heterocycles. The summed E-state index contributed by atoms with van der Waals surface area (Å²) in [5.41, 5.74) is 4.38. The van der Waals surface area contributed by atoms with E-state index in [1.54, 1.807) is 6.92 Å². The van der Waals surface area contributed by atoms with Crippen LogP contribution in [0, 0.1) is 6.92 Å². The van der Waals surface area contributed by atoms with Crippen LogP contribution in [0.2, 0.25) is 18.1 Å². The molecule has 2 aliphatic heterocycles. The molecule has 0 radical (unpaired) electrons. The second kappa shape index (κ2) is 9.88. The molecule has 13 heteroatoms. The van der Waals surface area contributed by atoms with Crippen LogP contribution < -0.4 is 17.0 Å². The topological polar surface area (TPSA) is 152 Å². The van der Waals surface area contributed by atoms with Gasteiger partial charge in [0.25, 0.3) is 15.7 Å². The van der Waals surface area contributed by atoms with Crippen molar-refractivity contribution in [2.24, 2.45) is 5.73 Å². The molecule has 1 spiro atoms. The summed E-state index contributed by atoms with van der Waals surface area (Å²) in [4.78, 5) is 27.3. The third kappa shape index (κ3) is 5.18. The Balaban J connectivity index is 1.82. The van der Waals surface area contributed by atoms with Crippen LogP contribution in [0.4, 0.5) is 0 Å². The maximum atomic E-state index is 13.0. The summed E-state index contributed by atoms with van der Waals surface area (Å²) in [5.74, 6) is 0. The lowest BCUT2D eigenvalue weighted by molar-refractivity contribution is -0.0780. The van der Waals surface area contributed by atoms with E-state index in [9.17, 15) is 18.0 Å². The molecular formula is C25H35N3O8SSi. The Morgan fingerprint density at radius 3 is 2.42 bits per heavy atom. The highest BCUT2D eigenvalue weighted by molar-refractivity contribution is 7.90. The number of nitrogens with two attached hydrogens (primary N) is 1. The zero-order valence-electron chi connectivity index (χ0n) is 22.4. The van der Waals surface area contributed by atoms with Gasteiger partial charge in [0.05, 0.1) is 24.3 Å². The summed E-state index contributed by atoms with van der Waals surface area (Å²) >= 11 is 0. The fourth-order valence-corrected chi connectivity index (χ4v) is 6.85. The molecule has 0 aliphatic carbocycles. The fraction of sp³-hybridized carbons (Fsp3) is 0.520. The average Bonchev–Trinajstić information content (AvgIpc) is 3.23. The zero-order chi connectivity index (χ0) is 28.1. The van der Waals surface area contributed by atoms with Crippen LogP contribution in [0.25, 0.3) is 0 Å². The molecule has 11 nitrogen and oxygen atoms in total. The van der Waals surface area contributed by atoms with Crippen LogP contribution in [-0.2, 0) is 34.8 Å². The first-order chi connectivity index (χ1) is 17.6. The molecule has 4 rings (SSSR count). The normalized spacial score (nSPS) is 27.1. The predicted molar refractivity (Wildman–Crippen MR) is 143 cm³/mol. The summed E-state index contributed by atoms with van der Waals surface area (Å²) in [5, 5.41) is 0.564. The van der Waals surface area contributed by atoms with E-state index in [-0.39, 0.29) is 29.5 Å². The molecular weight excluding hydrogens is 530 g/mol. The molecule has 1 aromatic carbocycles. The standard InChI is InChI=1S/C25H35N3O8SSi/c1-16-12-28(23(30)27-21(16)29)22-20(35-38(5,6)24(2,3)4)25(18(26)15-37(31,32)36-25)19(34-22)14-33-13-17-10-8-7-9-11-17/h7-12,15,19-20,22H,13-14,26H2,1-6H3,(H,27,29,30)/t19?,20-,22+,25?/m0/s1. The molecule has 4 atom stereocenters. The third-order valence-corrected chi connectivity index (χ3v) is 13.0. The number of hydrogen-bond donors (Lipinski definition) is 2. The highest BCUT2D eigenvalue weighted by Gasteiger charge is 2.67. The number of aryl methyl sites for hydroxylation is 1. The predicted octanol–water partition coefficient (Wildman–Crippen LogP) is 2.25. The summed E-state index contributed by atoms with van der Waals surface area (Å²) < 4.78 is 51.4. The molecule has 0 bridgehead atoms. The smallest absolute Gasteiger partial charge is 0.330 e. The number of rotatable bonds is 7. The van der Waals surface area contributed by atoms with Gasteiger partial charge in [0, 0.05) is 11.8 Å². The number of aromatic nitrogens is 2. The van der Waals surface area contributed by atoms with Crippen molar-refractivity contribution in [3.8, 4) is 0 Å². The molecule has 0 saturated carbocycles. The van der Waals surface area contributed by atoms with Crippen molar-refractivity contribution in [3.63, 3.8) is 0 Å². The number of nitrogens with one attached hydrogen (secondary N) is 1. The fourth-order valence-electron chi connectivity index (χ4n) is 4.35. The van der Waals surface area contributed by atoms with E-state index in [0.29, 0.717) is 0 Å². The molecule has 1 fully saturated rings. The van der Waals surface area contributed by atoms with Crippen molar-refractivity contribution in [2.45, 2.75) is 76.5 Å². The highest BCUT2D eigenvalue weighted by atomic mass is 32.2. The number of H-pyrrole nitrogens is 1. The zero-order valence-corrected chi connectivity index (χ0v) is 24.2. The minimum Gasteiger partial charge on any atom is -0.406 e. The number of hydrogen-bond acceptors (Lipinski definition) is 9. The summed E-state index contributed by atoms with van der Waals surface area (Å²) in [7, 11) is -6.82. The van der Waals surface area contributed by atoms with Crippen LogP contribution in [0.5, 0.6) is 0 Å². The number of benzene rings is 1. The molecule has 3 N–H and O–H groups in total. The van der Waals surface area contributed by atoms with E-state index in [2.05, 4.69) is 4.98 Å². The van der Waals surface area contributed by atoms with Crippen LogP contribution in [0.1, 0.15) is 38.1 Å². The van der Waals surface area contributed by atoms with Gasteiger partial charge in [0.2, 0.25) is 0 Å². The first-order valence-electron chi connectivity index (χ1n) is 12.3. The molecule has 2 aliphatic rings. The maximum absolute atomic E-state index is 13.0. The molecule has 2 aromatic rings. The minimum absolute atomic E-state index is 0.105. The van der Waals surface area contributed by atoms with E-state index in [1.807, 2.05) is 64.2 Å². The van der Waals surface area contributed by atoms with E-state index in [4.69, 9.17) is 23.8 Å². The maximum Gasteiger partial charge on any atom is 0.330 e. The van der Waals surface area contributed by atoms with Crippen LogP contribution in [-0.4, -0.2) is 50.7 Å². The number of aromatic amines is 1. The van der Waals surface area contributed by atoms with E-state index < -0.39 is 53.7 Å². The highest BCUT2D eigenvalue weighted by Crippen LogP contribution is 2.51. The lowest BCUT2D eigenvalue weighted by atomic mass is 9.89. The van der Waals surface area contributed by atoms with Gasteiger partial charge in [-0.1, -0.05) is 51.1 Å². The van der Waals surface area contributed by atoms with E-state index in [0.717, 1.165) is 11.0 Å². The quantitative estimate of drug-likeness (QED) is 0.380. The Kier molecular flexibility index (Phi) is 7.40. The monoisotopic (exact) mass is 565 g/mol. The van der Waals surface area contributed by atoms with Gasteiger partial charge in [-0.15, -0.1) is 0 Å². The van der Waals surface area contributed by atoms with Gasteiger partial charge in [0.15, 0.2) is 20.1 Å². The second-order valence-electron chi connectivity index (χ2n) is 11.2. The van der Waals surface area contributed by atoms with Crippen molar-refractivity contribution in [1.82, 2.24) is 9.55 Å². The molecule has 38 heavy (non-hydrogen) atoms. The Bertz CT molecular complexity index is 1450. The van der Waals surface area contributed by atoms with Gasteiger partial charge in [-0.2, -0.15) is 8.42 Å². The first-order valence-corrected chi connectivity index (χ1v) is 16.7. The first kappa shape index (κ1) is 28.5. The Labute approximate surface area is 222 Å². The Morgan fingerprint density at radius 2 is 1.84 bits per heavy atom. The summed E-state index contributed by atoms with van der Waals surface area (Å²) in [6.45, 7) is 11.7. The van der Waals surface area contributed by atoms with Gasteiger partial charge in [0.1, 0.15) is 12.2 Å². The Morgan fingerprint density at radius 1 is 1.18 bits per heavy atom. The summed E-state index contributed by atoms with van der Waals surface area (Å²) in [6, 6.07) is 9.43. The van der Waals surface area contributed by atoms with Crippen molar-refractivity contribution >= 4 is 18.4 Å². The molecule has 2 unspecified atom stereocenters. The number of nitrogens with zero attached hydrogens (tertiary/aromatic N) is 1. The molecule has 1 saturated heterocycles. The Hall–Kier alpha value is -2.55. The van der Waals surface area contributed by atoms with Gasteiger partial charge in [-0.25, -0.2) is 8.98 Å². The van der Waals surface area contributed by atoms with Gasteiger partial charge < -0.3 is 19.6 Å². The van der Waals surface area contributed by atoms with Crippen molar-refractivity contribution in [1.29, 1.82) is 0 Å². The van der Waals surface area contributed by atoms with E-state index >= 15 is 0 Å². The van der Waals surface area contributed by atoms with E-state index in [1.165, 1.54) is 10.8 Å². The van der Waals surface area contributed by atoms with Crippen molar-refractivity contribution in [2.75, 3.05) is 6.61 Å². The lowest BCUT2D eigenvalue weighted by Crippen LogP contribution is -2.58. The van der Waals surface area contributed by atoms with Gasteiger partial charge >= 0.3 is 5.69 Å². The number of ether oxygens (including phenoxy) is 2. The molecule has 0 amide bonds. The molecule has 1 aromatic heterocycles. The van der Waals surface area contributed by atoms with Gasteiger partial charge in [-0.05, 0) is 30.6 Å². The van der Waals surface area contributed by atoms with Gasteiger partial charge in [-0.3, -0.25) is 14.3 Å². The van der Waals surface area contributed by atoms with Crippen LogP contribution in [0.15, 0.2) is 57.2 Å². The minimum atomic E-state index is -4.18. The molecule has 208 valence electrons. The largest absolute Gasteiger partial charge is 0.406 e. The van der Waals surface area contributed by atoms with Crippen LogP contribution >= 0.6 is 0 Å². The summed E-state index contributed by atoms with van der Waals surface area (Å²) in [6.07, 6.45) is -2.01. The third-order valence-electron chi connectivity index (χ3n) is 7.47. The van der Waals surface area contributed by atoms with Crippen LogP contribution in [0.3, 0.4) is 0 Å². The SMILES string of the molecule is Cc1cn([C@@H]2OC(COCc3ccccc3)C3(OS(=O)(=O)C=C3N)[C@H]2O[Si](C)(C)C(C)(C)C)c(=O)[nH]c1=O. The second-order valence-corrected chi connectivity index (χ2v) is 17.4. The average molecular weight is 566 g/mol. The van der Waals surface area contributed by atoms with Crippen molar-refractivity contribution in [3.05, 3.63) is 79.6 Å². The lowest BCUT2D eigenvalue weighted by Gasteiger charge is -2.43.